The van der Waals surface area contributed by atoms with Gasteiger partial charge in [-0.15, -0.1) is 0 Å². The van der Waals surface area contributed by atoms with Gasteiger partial charge in [0.1, 0.15) is 13.2 Å². The molecular weight excluding hydrogens is 697 g/mol. The third kappa shape index (κ3) is 43.5. The van der Waals surface area contributed by atoms with Crippen LogP contribution in [0.15, 0.2) is 0 Å². The molecule has 0 aromatic carbocycles. The summed E-state index contributed by atoms with van der Waals surface area (Å²) >= 11 is 0. The Labute approximate surface area is 348 Å². The van der Waals surface area contributed by atoms with Crippen LogP contribution >= 0.6 is 0 Å². The van der Waals surface area contributed by atoms with Crippen LogP contribution in [0.1, 0.15) is 284 Å². The Morgan fingerprint density at radius 3 is 0.714 bits per heavy atom. The van der Waals surface area contributed by atoms with Gasteiger partial charge >= 0.3 is 17.9 Å². The first-order valence-corrected chi connectivity index (χ1v) is 25.0. The van der Waals surface area contributed by atoms with Crippen molar-refractivity contribution < 1.29 is 28.6 Å². The lowest BCUT2D eigenvalue weighted by Gasteiger charge is -2.18. The zero-order chi connectivity index (χ0) is 40.8. The molecule has 1 atom stereocenters. The van der Waals surface area contributed by atoms with E-state index in [1.54, 1.807) is 0 Å². The lowest BCUT2D eigenvalue weighted by atomic mass is 10.0. The van der Waals surface area contributed by atoms with Gasteiger partial charge in [-0.3, -0.25) is 14.4 Å². The molecule has 332 valence electrons. The zero-order valence-electron chi connectivity index (χ0n) is 37.9. The van der Waals surface area contributed by atoms with Crippen molar-refractivity contribution in [2.24, 2.45) is 0 Å². The summed E-state index contributed by atoms with van der Waals surface area (Å²) in [4.78, 5) is 37.8. The fourth-order valence-corrected chi connectivity index (χ4v) is 7.56. The summed E-state index contributed by atoms with van der Waals surface area (Å²) < 4.78 is 16.8. The number of rotatable bonds is 46. The lowest BCUT2D eigenvalue weighted by Crippen LogP contribution is -2.30. The van der Waals surface area contributed by atoms with Crippen LogP contribution in [-0.4, -0.2) is 37.2 Å². The molecule has 0 N–H and O–H groups in total. The number of unbranched alkanes of at least 4 members (excludes halogenated alkanes) is 35. The van der Waals surface area contributed by atoms with Crippen molar-refractivity contribution in [2.75, 3.05) is 13.2 Å². The van der Waals surface area contributed by atoms with Crippen molar-refractivity contribution in [2.45, 2.75) is 290 Å². The van der Waals surface area contributed by atoms with Gasteiger partial charge in [-0.1, -0.05) is 245 Å². The molecule has 0 bridgehead atoms. The number of ether oxygens (including phenoxy) is 3. The highest BCUT2D eigenvalue weighted by molar-refractivity contribution is 5.71. The van der Waals surface area contributed by atoms with Crippen LogP contribution in [0, 0.1) is 0 Å². The molecule has 0 saturated carbocycles. The predicted molar refractivity (Wildman–Crippen MR) is 238 cm³/mol. The summed E-state index contributed by atoms with van der Waals surface area (Å²) in [6, 6.07) is 0. The molecule has 0 aliphatic carbocycles. The summed E-state index contributed by atoms with van der Waals surface area (Å²) in [5.74, 6) is -0.846. The highest BCUT2D eigenvalue weighted by atomic mass is 16.6. The summed E-state index contributed by atoms with van der Waals surface area (Å²) in [7, 11) is 0. The maximum atomic E-state index is 12.7. The molecule has 0 spiro atoms. The summed E-state index contributed by atoms with van der Waals surface area (Å²) in [6.07, 6.45) is 48.0. The highest BCUT2D eigenvalue weighted by Crippen LogP contribution is 2.16. The molecule has 0 aliphatic heterocycles. The van der Waals surface area contributed by atoms with Crippen LogP contribution in [0.4, 0.5) is 0 Å². The largest absolute Gasteiger partial charge is 0.462 e. The van der Waals surface area contributed by atoms with Gasteiger partial charge in [-0.05, 0) is 19.3 Å². The van der Waals surface area contributed by atoms with Crippen LogP contribution in [0.2, 0.25) is 0 Å². The number of carbonyl (C=O) groups is 3. The molecule has 0 aromatic rings. The van der Waals surface area contributed by atoms with E-state index < -0.39 is 6.10 Å². The Morgan fingerprint density at radius 2 is 0.482 bits per heavy atom. The molecule has 6 heteroatoms. The second kappa shape index (κ2) is 46.1. The van der Waals surface area contributed by atoms with Crippen LogP contribution in [0.5, 0.6) is 0 Å². The lowest BCUT2D eigenvalue weighted by molar-refractivity contribution is -0.167. The van der Waals surface area contributed by atoms with Gasteiger partial charge in [0.25, 0.3) is 0 Å². The summed E-state index contributed by atoms with van der Waals surface area (Å²) in [5.41, 5.74) is 0. The minimum atomic E-state index is -0.758. The minimum Gasteiger partial charge on any atom is -0.462 e. The van der Waals surface area contributed by atoms with Crippen LogP contribution < -0.4 is 0 Å². The normalized spacial score (nSPS) is 11.8. The van der Waals surface area contributed by atoms with Crippen LogP contribution in [-0.2, 0) is 28.6 Å². The van der Waals surface area contributed by atoms with E-state index in [2.05, 4.69) is 20.8 Å². The van der Waals surface area contributed by atoms with E-state index in [9.17, 15) is 14.4 Å². The Morgan fingerprint density at radius 1 is 0.286 bits per heavy atom. The third-order valence-electron chi connectivity index (χ3n) is 11.4. The van der Waals surface area contributed by atoms with Gasteiger partial charge in [0.05, 0.1) is 0 Å². The quantitative estimate of drug-likeness (QED) is 0.0347. The Bertz CT molecular complexity index is 828. The van der Waals surface area contributed by atoms with Crippen molar-refractivity contribution >= 4 is 17.9 Å². The number of carbonyl (C=O) groups excluding carboxylic acids is 3. The van der Waals surface area contributed by atoms with E-state index in [1.165, 1.54) is 186 Å². The predicted octanol–water partition coefficient (Wildman–Crippen LogP) is 16.0. The molecule has 0 fully saturated rings. The zero-order valence-corrected chi connectivity index (χ0v) is 37.9. The fourth-order valence-electron chi connectivity index (χ4n) is 7.56. The maximum absolute atomic E-state index is 12.7. The van der Waals surface area contributed by atoms with Gasteiger partial charge in [-0.25, -0.2) is 0 Å². The van der Waals surface area contributed by atoms with Crippen LogP contribution in [0.3, 0.4) is 0 Å². The SMILES string of the molecule is CCCCCCCCCCCCCCCCCCC(=O)OC[C@H](COC(=O)CCCCCCCCCCCCCC)OC(=O)CCCCCCCCCCCC. The fraction of sp³-hybridized carbons (Fsp3) is 0.940. The second-order valence-corrected chi connectivity index (χ2v) is 17.1. The molecule has 6 nitrogen and oxygen atoms in total. The van der Waals surface area contributed by atoms with Crippen molar-refractivity contribution in [1.29, 1.82) is 0 Å². The van der Waals surface area contributed by atoms with Crippen molar-refractivity contribution in [3.05, 3.63) is 0 Å². The monoisotopic (exact) mass is 793 g/mol. The molecule has 0 unspecified atom stereocenters. The number of esters is 3. The molecule has 0 rings (SSSR count). The smallest absolute Gasteiger partial charge is 0.306 e. The van der Waals surface area contributed by atoms with E-state index >= 15 is 0 Å². The van der Waals surface area contributed by atoms with Crippen molar-refractivity contribution in [3.63, 3.8) is 0 Å². The third-order valence-corrected chi connectivity index (χ3v) is 11.4. The Balaban J connectivity index is 4.26. The van der Waals surface area contributed by atoms with Crippen molar-refractivity contribution in [3.8, 4) is 0 Å². The number of hydrogen-bond donors (Lipinski definition) is 0. The molecular formula is C50H96O6. The van der Waals surface area contributed by atoms with Gasteiger partial charge in [0.15, 0.2) is 6.10 Å². The van der Waals surface area contributed by atoms with E-state index in [0.29, 0.717) is 19.3 Å². The summed E-state index contributed by atoms with van der Waals surface area (Å²) in [6.45, 7) is 6.66. The maximum Gasteiger partial charge on any atom is 0.306 e. The van der Waals surface area contributed by atoms with Gasteiger partial charge < -0.3 is 14.2 Å². The summed E-state index contributed by atoms with van der Waals surface area (Å²) in [5, 5.41) is 0. The minimum absolute atomic E-state index is 0.0622. The molecule has 0 radical (unpaired) electrons. The van der Waals surface area contributed by atoms with Gasteiger partial charge in [0, 0.05) is 19.3 Å². The highest BCUT2D eigenvalue weighted by Gasteiger charge is 2.19. The average molecular weight is 793 g/mol. The van der Waals surface area contributed by atoms with Gasteiger partial charge in [-0.2, -0.15) is 0 Å². The van der Waals surface area contributed by atoms with E-state index in [4.69, 9.17) is 14.2 Å². The van der Waals surface area contributed by atoms with Crippen LogP contribution in [0.25, 0.3) is 0 Å². The standard InChI is InChI=1S/C50H96O6/c1-4-7-10-13-16-19-22-24-25-26-27-29-32-34-37-40-43-49(52)55-46-47(56-50(53)44-41-38-35-30-21-18-15-12-9-6-3)45-54-48(51)42-39-36-33-31-28-23-20-17-14-11-8-5-2/h47H,4-46H2,1-3H3/t47-/m0/s1. The van der Waals surface area contributed by atoms with Gasteiger partial charge in [0.2, 0.25) is 0 Å². The first-order chi connectivity index (χ1) is 27.5. The second-order valence-electron chi connectivity index (χ2n) is 17.1. The molecule has 0 aliphatic rings. The molecule has 0 amide bonds. The first kappa shape index (κ1) is 54.4. The number of hydrogen-bond acceptors (Lipinski definition) is 6. The van der Waals surface area contributed by atoms with E-state index in [1.807, 2.05) is 0 Å². The first-order valence-electron chi connectivity index (χ1n) is 25.0. The Hall–Kier alpha value is -1.59. The average Bonchev–Trinajstić information content (AvgIpc) is 3.19. The van der Waals surface area contributed by atoms with Crippen molar-refractivity contribution in [1.82, 2.24) is 0 Å². The van der Waals surface area contributed by atoms with E-state index in [0.717, 1.165) is 57.8 Å². The molecule has 0 heterocycles. The molecule has 0 aromatic heterocycles. The topological polar surface area (TPSA) is 78.9 Å². The Kier molecular flexibility index (Phi) is 44.8. The molecule has 0 saturated heterocycles. The molecule has 56 heavy (non-hydrogen) atoms. The van der Waals surface area contributed by atoms with E-state index in [-0.39, 0.29) is 31.1 Å².